The van der Waals surface area contributed by atoms with Gasteiger partial charge in [-0.25, -0.2) is 4.52 Å². The lowest BCUT2D eigenvalue weighted by Crippen LogP contribution is -2.13. The molecular weight excluding hydrogens is 382 g/mol. The monoisotopic (exact) mass is 395 g/mol. The van der Waals surface area contributed by atoms with Gasteiger partial charge in [-0.15, -0.1) is 16.4 Å². The minimum absolute atomic E-state index is 0.0821. The molecule has 2 aromatic heterocycles. The topological polar surface area (TPSA) is 112 Å². The second-order valence-corrected chi connectivity index (χ2v) is 6.57. The lowest BCUT2D eigenvalue weighted by Gasteiger charge is -2.02. The van der Waals surface area contributed by atoms with Crippen LogP contribution in [0.3, 0.4) is 0 Å². The molecule has 0 saturated heterocycles. The van der Waals surface area contributed by atoms with Crippen LogP contribution in [0.2, 0.25) is 0 Å². The Morgan fingerprint density at radius 1 is 1.18 bits per heavy atom. The van der Waals surface area contributed by atoms with Gasteiger partial charge in [-0.05, 0) is 36.4 Å². The summed E-state index contributed by atoms with van der Waals surface area (Å²) in [4.78, 5) is 27.5. The van der Waals surface area contributed by atoms with Crippen molar-refractivity contribution in [1.82, 2.24) is 14.6 Å². The Labute approximate surface area is 162 Å². The van der Waals surface area contributed by atoms with Crippen molar-refractivity contribution in [3.05, 3.63) is 69.6 Å². The number of thiazole rings is 1. The number of ether oxygens (including phenoxy) is 1. The third kappa shape index (κ3) is 3.28. The molecule has 4 aromatic rings. The molecule has 1 amide bonds. The number of carbonyl (C=O) groups is 1. The van der Waals surface area contributed by atoms with Crippen LogP contribution in [0.4, 0.5) is 11.6 Å². The number of benzene rings is 2. The third-order valence-electron chi connectivity index (χ3n) is 4.03. The number of fused-ring (bicyclic) bond motifs is 1. The van der Waals surface area contributed by atoms with Crippen molar-refractivity contribution < 1.29 is 14.5 Å². The van der Waals surface area contributed by atoms with E-state index in [2.05, 4.69) is 15.4 Å². The molecule has 0 bridgehead atoms. The van der Waals surface area contributed by atoms with Crippen LogP contribution in [-0.4, -0.2) is 32.5 Å². The first-order valence-corrected chi connectivity index (χ1v) is 8.97. The van der Waals surface area contributed by atoms with Gasteiger partial charge >= 0.3 is 0 Å². The first-order valence-electron chi connectivity index (χ1n) is 8.09. The Morgan fingerprint density at radius 3 is 2.54 bits per heavy atom. The summed E-state index contributed by atoms with van der Waals surface area (Å²) in [6, 6.07) is 12.9. The van der Waals surface area contributed by atoms with Gasteiger partial charge in [0.05, 0.1) is 17.7 Å². The summed E-state index contributed by atoms with van der Waals surface area (Å²) in [5.41, 5.74) is 1.97. The maximum atomic E-state index is 12.3. The molecule has 0 aliphatic carbocycles. The van der Waals surface area contributed by atoms with Crippen LogP contribution in [0, 0.1) is 10.1 Å². The van der Waals surface area contributed by atoms with E-state index < -0.39 is 10.8 Å². The summed E-state index contributed by atoms with van der Waals surface area (Å²) in [5.74, 6) is 0.467. The maximum absolute atomic E-state index is 12.3. The van der Waals surface area contributed by atoms with Crippen LogP contribution in [0.5, 0.6) is 5.75 Å². The number of nitro groups is 1. The number of rotatable bonds is 5. The molecule has 2 aromatic carbocycles. The Hall–Kier alpha value is -3.79. The van der Waals surface area contributed by atoms with Gasteiger partial charge in [0.25, 0.3) is 17.5 Å². The summed E-state index contributed by atoms with van der Waals surface area (Å²) in [6.45, 7) is 0. The van der Waals surface area contributed by atoms with E-state index in [4.69, 9.17) is 4.74 Å². The largest absolute Gasteiger partial charge is 0.497 e. The second-order valence-electron chi connectivity index (χ2n) is 5.74. The number of anilines is 1. The molecule has 0 fully saturated rings. The first-order chi connectivity index (χ1) is 13.5. The number of methoxy groups -OCH3 is 1. The minimum Gasteiger partial charge on any atom is -0.497 e. The number of hydrogen-bond donors (Lipinski definition) is 1. The van der Waals surface area contributed by atoms with Gasteiger partial charge in [-0.2, -0.15) is 4.98 Å². The highest BCUT2D eigenvalue weighted by Crippen LogP contribution is 2.27. The zero-order valence-corrected chi connectivity index (χ0v) is 15.3. The van der Waals surface area contributed by atoms with Crippen molar-refractivity contribution in [2.75, 3.05) is 12.4 Å². The van der Waals surface area contributed by atoms with E-state index in [1.54, 1.807) is 11.6 Å². The van der Waals surface area contributed by atoms with Crippen molar-refractivity contribution in [3.8, 4) is 17.0 Å². The van der Waals surface area contributed by atoms with Crippen molar-refractivity contribution in [1.29, 1.82) is 0 Å². The van der Waals surface area contributed by atoms with Gasteiger partial charge in [0.2, 0.25) is 4.96 Å². The highest BCUT2D eigenvalue weighted by molar-refractivity contribution is 7.15. The Bertz CT molecular complexity index is 1170. The molecule has 0 saturated carbocycles. The van der Waals surface area contributed by atoms with Crippen molar-refractivity contribution in [3.63, 3.8) is 0 Å². The SMILES string of the molecule is COc1ccc(-c2csc3nc(NC(=O)c4ccc([N+](=O)[O-])cc4)nn23)cc1. The summed E-state index contributed by atoms with van der Waals surface area (Å²) in [7, 11) is 1.61. The van der Waals surface area contributed by atoms with Crippen molar-refractivity contribution in [2.24, 2.45) is 0 Å². The lowest BCUT2D eigenvalue weighted by molar-refractivity contribution is -0.384. The van der Waals surface area contributed by atoms with Crippen molar-refractivity contribution >= 4 is 33.8 Å². The Kier molecular flexibility index (Phi) is 4.45. The summed E-state index contributed by atoms with van der Waals surface area (Å²) < 4.78 is 6.82. The number of amides is 1. The van der Waals surface area contributed by atoms with Crippen LogP contribution in [0.15, 0.2) is 53.9 Å². The van der Waals surface area contributed by atoms with Gasteiger partial charge in [0.1, 0.15) is 5.75 Å². The van der Waals surface area contributed by atoms with Gasteiger partial charge < -0.3 is 4.74 Å². The van der Waals surface area contributed by atoms with Crippen molar-refractivity contribution in [2.45, 2.75) is 0 Å². The van der Waals surface area contributed by atoms with Crippen LogP contribution in [0.25, 0.3) is 16.2 Å². The van der Waals surface area contributed by atoms with Crippen LogP contribution in [0.1, 0.15) is 10.4 Å². The predicted octanol–water partition coefficient (Wildman–Crippen LogP) is 3.63. The molecule has 0 spiro atoms. The Balaban J connectivity index is 1.57. The average molecular weight is 395 g/mol. The first kappa shape index (κ1) is 17.6. The molecule has 0 unspecified atom stereocenters. The number of nitrogens with one attached hydrogen (secondary N) is 1. The molecule has 28 heavy (non-hydrogen) atoms. The molecule has 140 valence electrons. The molecule has 4 rings (SSSR count). The van der Waals surface area contributed by atoms with E-state index in [9.17, 15) is 14.9 Å². The average Bonchev–Trinajstić information content (AvgIpc) is 3.28. The number of aromatic nitrogens is 3. The highest BCUT2D eigenvalue weighted by atomic mass is 32.1. The number of hydrogen-bond acceptors (Lipinski definition) is 7. The smallest absolute Gasteiger partial charge is 0.269 e. The molecule has 0 aliphatic rings. The van der Waals surface area contributed by atoms with E-state index in [1.165, 1.54) is 35.6 Å². The van der Waals surface area contributed by atoms with Gasteiger partial charge in [-0.1, -0.05) is 0 Å². The zero-order valence-electron chi connectivity index (χ0n) is 14.5. The van der Waals surface area contributed by atoms with E-state index in [0.29, 0.717) is 4.96 Å². The van der Waals surface area contributed by atoms with Gasteiger partial charge in [-0.3, -0.25) is 20.2 Å². The lowest BCUT2D eigenvalue weighted by atomic mass is 10.2. The normalized spacial score (nSPS) is 10.8. The molecule has 1 N–H and O–H groups in total. The molecule has 10 heteroatoms. The van der Waals surface area contributed by atoms with E-state index in [0.717, 1.165) is 17.0 Å². The van der Waals surface area contributed by atoms with E-state index >= 15 is 0 Å². The third-order valence-corrected chi connectivity index (χ3v) is 4.85. The number of nitro benzene ring substituents is 1. The van der Waals surface area contributed by atoms with E-state index in [1.807, 2.05) is 29.6 Å². The number of non-ortho nitro benzene ring substituents is 1. The molecule has 0 radical (unpaired) electrons. The summed E-state index contributed by atoms with van der Waals surface area (Å²) in [6.07, 6.45) is 0. The molecule has 9 nitrogen and oxygen atoms in total. The molecule has 0 aliphatic heterocycles. The standard InChI is InChI=1S/C18H13N5O4S/c1-27-14-8-4-11(5-9-14)15-10-28-18-20-17(21-22(15)18)19-16(24)12-2-6-13(7-3-12)23(25)26/h2-10H,1H3,(H,19,21,24). The maximum Gasteiger partial charge on any atom is 0.269 e. The fourth-order valence-electron chi connectivity index (χ4n) is 2.60. The number of carbonyl (C=O) groups excluding carboxylic acids is 1. The Morgan fingerprint density at radius 2 is 1.89 bits per heavy atom. The fraction of sp³-hybridized carbons (Fsp3) is 0.0556. The summed E-state index contributed by atoms with van der Waals surface area (Å²) >= 11 is 1.40. The number of nitrogens with zero attached hydrogens (tertiary/aromatic N) is 4. The molecule has 2 heterocycles. The minimum atomic E-state index is -0.520. The van der Waals surface area contributed by atoms with Crippen LogP contribution in [-0.2, 0) is 0 Å². The van der Waals surface area contributed by atoms with Gasteiger partial charge in [0.15, 0.2) is 0 Å². The molecule has 0 atom stereocenters. The predicted molar refractivity (Wildman–Crippen MR) is 104 cm³/mol. The van der Waals surface area contributed by atoms with Crippen LogP contribution >= 0.6 is 11.3 Å². The van der Waals surface area contributed by atoms with E-state index in [-0.39, 0.29) is 17.2 Å². The quantitative estimate of drug-likeness (QED) is 0.408. The highest BCUT2D eigenvalue weighted by Gasteiger charge is 2.15. The fourth-order valence-corrected chi connectivity index (χ4v) is 3.43. The van der Waals surface area contributed by atoms with Crippen LogP contribution < -0.4 is 10.1 Å². The van der Waals surface area contributed by atoms with Gasteiger partial charge in [0, 0.05) is 28.6 Å². The zero-order chi connectivity index (χ0) is 19.7. The summed E-state index contributed by atoms with van der Waals surface area (Å²) in [5, 5.41) is 19.6. The molecular formula is C18H13N5O4S. The second kappa shape index (κ2) is 7.08.